The lowest BCUT2D eigenvalue weighted by atomic mass is 10.1. The molecule has 2 aromatic carbocycles. The second kappa shape index (κ2) is 9.73. The Kier molecular flexibility index (Phi) is 7.36. The summed E-state index contributed by atoms with van der Waals surface area (Å²) in [5.74, 6) is 2.91. The number of para-hydroxylation sites is 1. The maximum Gasteiger partial charge on any atom is 0.165 e. The Morgan fingerprint density at radius 3 is 2.35 bits per heavy atom. The van der Waals surface area contributed by atoms with Gasteiger partial charge in [0, 0.05) is 18.7 Å². The van der Waals surface area contributed by atoms with Crippen LogP contribution in [0.5, 0.6) is 23.0 Å². The maximum atomic E-state index is 5.77. The van der Waals surface area contributed by atoms with Crippen molar-refractivity contribution in [3.05, 3.63) is 59.7 Å². The van der Waals surface area contributed by atoms with Crippen LogP contribution in [0.3, 0.4) is 0 Å². The molecule has 0 aliphatic rings. The lowest BCUT2D eigenvalue weighted by molar-refractivity contribution is 0.319. The molecule has 0 heterocycles. The van der Waals surface area contributed by atoms with Crippen molar-refractivity contribution in [1.82, 2.24) is 5.32 Å². The zero-order valence-corrected chi connectivity index (χ0v) is 15.9. The standard InChI is InChI=1S/C21H27NO4/c1-15(2)14-26-20-11-16(9-10-18(20)23-3)12-22-13-17-7-6-8-19(24-4)21(17)25-5/h6-11,22H,1,12-14H2,2-5H3. The van der Waals surface area contributed by atoms with Crippen LogP contribution in [0, 0.1) is 0 Å². The van der Waals surface area contributed by atoms with Gasteiger partial charge < -0.3 is 24.3 Å². The first-order valence-electron chi connectivity index (χ1n) is 8.43. The number of rotatable bonds is 10. The summed E-state index contributed by atoms with van der Waals surface area (Å²) in [5.41, 5.74) is 3.10. The summed E-state index contributed by atoms with van der Waals surface area (Å²) in [6.07, 6.45) is 0. The average molecular weight is 357 g/mol. The topological polar surface area (TPSA) is 49.0 Å². The van der Waals surface area contributed by atoms with Gasteiger partial charge >= 0.3 is 0 Å². The largest absolute Gasteiger partial charge is 0.493 e. The van der Waals surface area contributed by atoms with Gasteiger partial charge in [0.05, 0.1) is 21.3 Å². The Morgan fingerprint density at radius 1 is 0.923 bits per heavy atom. The molecule has 0 fully saturated rings. The predicted molar refractivity (Wildman–Crippen MR) is 103 cm³/mol. The van der Waals surface area contributed by atoms with Gasteiger partial charge in [-0.2, -0.15) is 0 Å². The maximum absolute atomic E-state index is 5.77. The monoisotopic (exact) mass is 357 g/mol. The van der Waals surface area contributed by atoms with Crippen molar-refractivity contribution in [3.8, 4) is 23.0 Å². The molecule has 5 nitrogen and oxygen atoms in total. The van der Waals surface area contributed by atoms with Gasteiger partial charge in [-0.15, -0.1) is 0 Å². The summed E-state index contributed by atoms with van der Waals surface area (Å²) >= 11 is 0. The SMILES string of the molecule is C=C(C)COc1cc(CNCc2cccc(OC)c2OC)ccc1OC. The highest BCUT2D eigenvalue weighted by molar-refractivity contribution is 5.46. The number of benzene rings is 2. The van der Waals surface area contributed by atoms with E-state index in [2.05, 4.69) is 11.9 Å². The average Bonchev–Trinajstić information content (AvgIpc) is 2.66. The molecule has 0 atom stereocenters. The van der Waals surface area contributed by atoms with Gasteiger partial charge in [0.15, 0.2) is 23.0 Å². The zero-order chi connectivity index (χ0) is 18.9. The lowest BCUT2D eigenvalue weighted by Gasteiger charge is -2.14. The van der Waals surface area contributed by atoms with Crippen LogP contribution in [-0.2, 0) is 13.1 Å². The molecule has 0 aromatic heterocycles. The molecule has 0 saturated heterocycles. The molecule has 0 saturated carbocycles. The van der Waals surface area contributed by atoms with Gasteiger partial charge in [0.25, 0.3) is 0 Å². The van der Waals surface area contributed by atoms with Gasteiger partial charge in [0.1, 0.15) is 6.61 Å². The van der Waals surface area contributed by atoms with Crippen LogP contribution in [0.1, 0.15) is 18.1 Å². The lowest BCUT2D eigenvalue weighted by Crippen LogP contribution is -2.14. The fourth-order valence-electron chi connectivity index (χ4n) is 2.58. The number of methoxy groups -OCH3 is 3. The first kappa shape index (κ1) is 19.7. The summed E-state index contributed by atoms with van der Waals surface area (Å²) in [6.45, 7) is 7.61. The van der Waals surface area contributed by atoms with E-state index in [4.69, 9.17) is 18.9 Å². The van der Waals surface area contributed by atoms with Crippen molar-refractivity contribution in [3.63, 3.8) is 0 Å². The summed E-state index contributed by atoms with van der Waals surface area (Å²) in [4.78, 5) is 0. The first-order valence-corrected chi connectivity index (χ1v) is 8.43. The number of hydrogen-bond donors (Lipinski definition) is 1. The van der Waals surface area contributed by atoms with Crippen molar-refractivity contribution in [2.24, 2.45) is 0 Å². The Hall–Kier alpha value is -2.66. The van der Waals surface area contributed by atoms with Crippen LogP contribution in [0.2, 0.25) is 0 Å². The minimum Gasteiger partial charge on any atom is -0.493 e. The highest BCUT2D eigenvalue weighted by Crippen LogP contribution is 2.31. The Morgan fingerprint density at radius 2 is 1.69 bits per heavy atom. The fraction of sp³-hybridized carbons (Fsp3) is 0.333. The van der Waals surface area contributed by atoms with Crippen LogP contribution in [0.15, 0.2) is 48.6 Å². The Balaban J connectivity index is 2.03. The van der Waals surface area contributed by atoms with Gasteiger partial charge in [-0.05, 0) is 36.3 Å². The molecular weight excluding hydrogens is 330 g/mol. The third-order valence-corrected chi connectivity index (χ3v) is 3.83. The van der Waals surface area contributed by atoms with Crippen molar-refractivity contribution >= 4 is 0 Å². The van der Waals surface area contributed by atoms with Crippen molar-refractivity contribution in [1.29, 1.82) is 0 Å². The molecule has 0 spiro atoms. The fourth-order valence-corrected chi connectivity index (χ4v) is 2.58. The van der Waals surface area contributed by atoms with Crippen molar-refractivity contribution in [2.75, 3.05) is 27.9 Å². The molecule has 0 bridgehead atoms. The van der Waals surface area contributed by atoms with Crippen molar-refractivity contribution < 1.29 is 18.9 Å². The first-order chi connectivity index (χ1) is 12.6. The highest BCUT2D eigenvalue weighted by atomic mass is 16.5. The van der Waals surface area contributed by atoms with E-state index in [1.165, 1.54) is 0 Å². The smallest absolute Gasteiger partial charge is 0.165 e. The normalized spacial score (nSPS) is 10.3. The minimum absolute atomic E-state index is 0.467. The van der Waals surface area contributed by atoms with Gasteiger partial charge in [-0.1, -0.05) is 24.8 Å². The Bertz CT molecular complexity index is 743. The molecule has 5 heteroatoms. The molecule has 0 unspecified atom stereocenters. The third kappa shape index (κ3) is 5.17. The van der Waals surface area contributed by atoms with E-state index in [-0.39, 0.29) is 0 Å². The number of nitrogens with one attached hydrogen (secondary N) is 1. The van der Waals surface area contributed by atoms with Gasteiger partial charge in [0.2, 0.25) is 0 Å². The van der Waals surface area contributed by atoms with E-state index >= 15 is 0 Å². The van der Waals surface area contributed by atoms with E-state index in [9.17, 15) is 0 Å². The third-order valence-electron chi connectivity index (χ3n) is 3.83. The van der Waals surface area contributed by atoms with Crippen LogP contribution in [0.25, 0.3) is 0 Å². The zero-order valence-electron chi connectivity index (χ0n) is 15.9. The molecular formula is C21H27NO4. The summed E-state index contributed by atoms with van der Waals surface area (Å²) in [6, 6.07) is 11.8. The molecule has 2 aromatic rings. The summed E-state index contributed by atoms with van der Waals surface area (Å²) in [7, 11) is 4.92. The van der Waals surface area contributed by atoms with E-state index < -0.39 is 0 Å². The van der Waals surface area contributed by atoms with E-state index in [1.807, 2.05) is 43.3 Å². The molecule has 2 rings (SSSR count). The van der Waals surface area contributed by atoms with Gasteiger partial charge in [-0.25, -0.2) is 0 Å². The van der Waals surface area contributed by atoms with E-state index in [0.717, 1.165) is 28.2 Å². The van der Waals surface area contributed by atoms with E-state index in [1.54, 1.807) is 21.3 Å². The minimum atomic E-state index is 0.467. The van der Waals surface area contributed by atoms with Crippen LogP contribution in [0.4, 0.5) is 0 Å². The quantitative estimate of drug-likeness (QED) is 0.652. The van der Waals surface area contributed by atoms with Crippen LogP contribution in [-0.4, -0.2) is 27.9 Å². The van der Waals surface area contributed by atoms with Crippen molar-refractivity contribution in [2.45, 2.75) is 20.0 Å². The Labute approximate surface area is 155 Å². The molecule has 0 aliphatic heterocycles. The molecule has 0 amide bonds. The highest BCUT2D eigenvalue weighted by Gasteiger charge is 2.10. The molecule has 0 aliphatic carbocycles. The second-order valence-electron chi connectivity index (χ2n) is 5.99. The molecule has 1 N–H and O–H groups in total. The van der Waals surface area contributed by atoms with Gasteiger partial charge in [-0.3, -0.25) is 0 Å². The van der Waals surface area contributed by atoms with Crippen LogP contribution >= 0.6 is 0 Å². The molecule has 140 valence electrons. The van der Waals surface area contributed by atoms with Crippen LogP contribution < -0.4 is 24.3 Å². The second-order valence-corrected chi connectivity index (χ2v) is 5.99. The summed E-state index contributed by atoms with van der Waals surface area (Å²) < 4.78 is 21.9. The molecule has 0 radical (unpaired) electrons. The predicted octanol–water partition coefficient (Wildman–Crippen LogP) is 3.96. The number of ether oxygens (including phenoxy) is 4. The van der Waals surface area contributed by atoms with E-state index in [0.29, 0.717) is 31.2 Å². The summed E-state index contributed by atoms with van der Waals surface area (Å²) in [5, 5.41) is 3.42. The number of hydrogen-bond acceptors (Lipinski definition) is 5. The molecule has 26 heavy (non-hydrogen) atoms.